The Balaban J connectivity index is 2.63. The van der Waals surface area contributed by atoms with Crippen LogP contribution < -0.4 is 5.32 Å². The first kappa shape index (κ1) is 17.5. The first-order valence-electron chi connectivity index (χ1n) is 7.85. The maximum absolute atomic E-state index is 12.6. The number of carbonyl (C=O) groups is 2. The molecule has 0 aromatic carbocycles. The van der Waals surface area contributed by atoms with Crippen molar-refractivity contribution in [2.24, 2.45) is 11.3 Å². The molecule has 1 N–H and O–H groups in total. The van der Waals surface area contributed by atoms with Crippen molar-refractivity contribution < 1.29 is 9.59 Å². The summed E-state index contributed by atoms with van der Waals surface area (Å²) in [6.07, 6.45) is 5.20. The fourth-order valence-corrected chi connectivity index (χ4v) is 2.73. The molecule has 0 radical (unpaired) electrons. The van der Waals surface area contributed by atoms with E-state index in [1.165, 1.54) is 4.90 Å². The van der Waals surface area contributed by atoms with Crippen LogP contribution in [-0.2, 0) is 9.59 Å². The first-order valence-corrected chi connectivity index (χ1v) is 7.85. The zero-order chi connectivity index (χ0) is 15.9. The summed E-state index contributed by atoms with van der Waals surface area (Å²) in [5.74, 6) is 0.00937. The SMILES string of the molecule is CC(C)CNC(=O)CN(C)C(=O)C1(C#N)CCCCCC1. The van der Waals surface area contributed by atoms with Gasteiger partial charge in [-0.1, -0.05) is 39.5 Å². The summed E-state index contributed by atoms with van der Waals surface area (Å²) in [6, 6.07) is 2.24. The van der Waals surface area contributed by atoms with Crippen LogP contribution >= 0.6 is 0 Å². The molecule has 1 aliphatic carbocycles. The molecule has 1 aliphatic rings. The molecule has 0 bridgehead atoms. The second-order valence-corrected chi connectivity index (χ2v) is 6.47. The molecule has 0 aliphatic heterocycles. The Hall–Kier alpha value is -1.57. The van der Waals surface area contributed by atoms with Gasteiger partial charge in [0.2, 0.25) is 11.8 Å². The number of nitrogens with zero attached hydrogens (tertiary/aromatic N) is 2. The lowest BCUT2D eigenvalue weighted by Gasteiger charge is -2.29. The van der Waals surface area contributed by atoms with E-state index in [2.05, 4.69) is 11.4 Å². The third-order valence-electron chi connectivity index (χ3n) is 4.02. The van der Waals surface area contributed by atoms with Gasteiger partial charge in [0.05, 0.1) is 12.6 Å². The molecule has 118 valence electrons. The van der Waals surface area contributed by atoms with Gasteiger partial charge in [-0.05, 0) is 18.8 Å². The van der Waals surface area contributed by atoms with Crippen molar-refractivity contribution in [2.75, 3.05) is 20.1 Å². The number of nitrogens with one attached hydrogen (secondary N) is 1. The molecule has 0 saturated heterocycles. The van der Waals surface area contributed by atoms with Gasteiger partial charge in [0.25, 0.3) is 0 Å². The summed E-state index contributed by atoms with van der Waals surface area (Å²) in [5, 5.41) is 12.3. The van der Waals surface area contributed by atoms with Gasteiger partial charge in [-0.15, -0.1) is 0 Å². The smallest absolute Gasteiger partial charge is 0.243 e. The number of hydrogen-bond acceptors (Lipinski definition) is 3. The minimum atomic E-state index is -0.927. The Bertz CT molecular complexity index is 404. The van der Waals surface area contributed by atoms with Crippen molar-refractivity contribution in [3.05, 3.63) is 0 Å². The predicted molar refractivity (Wildman–Crippen MR) is 81.2 cm³/mol. The summed E-state index contributed by atoms with van der Waals surface area (Å²) < 4.78 is 0. The first-order chi connectivity index (χ1) is 9.91. The molecular formula is C16H27N3O2. The Morgan fingerprint density at radius 2 is 1.81 bits per heavy atom. The van der Waals surface area contributed by atoms with E-state index in [0.717, 1.165) is 25.7 Å². The van der Waals surface area contributed by atoms with Crippen molar-refractivity contribution in [1.82, 2.24) is 10.2 Å². The highest BCUT2D eigenvalue weighted by Gasteiger charge is 2.41. The number of likely N-dealkylation sites (N-methyl/N-ethyl adjacent to an activating group) is 1. The van der Waals surface area contributed by atoms with Crippen LogP contribution in [-0.4, -0.2) is 36.9 Å². The van der Waals surface area contributed by atoms with Crippen LogP contribution in [0.2, 0.25) is 0 Å². The Morgan fingerprint density at radius 1 is 1.24 bits per heavy atom. The summed E-state index contributed by atoms with van der Waals surface area (Å²) >= 11 is 0. The topological polar surface area (TPSA) is 73.2 Å². The minimum absolute atomic E-state index is 0.0228. The van der Waals surface area contributed by atoms with Crippen molar-refractivity contribution >= 4 is 11.8 Å². The van der Waals surface area contributed by atoms with E-state index >= 15 is 0 Å². The number of nitriles is 1. The normalized spacial score (nSPS) is 17.7. The lowest BCUT2D eigenvalue weighted by atomic mass is 9.80. The zero-order valence-electron chi connectivity index (χ0n) is 13.4. The van der Waals surface area contributed by atoms with E-state index in [0.29, 0.717) is 25.3 Å². The molecule has 5 nitrogen and oxygen atoms in total. The average molecular weight is 293 g/mol. The summed E-state index contributed by atoms with van der Waals surface area (Å²) in [7, 11) is 1.61. The van der Waals surface area contributed by atoms with E-state index in [-0.39, 0.29) is 18.4 Å². The molecule has 0 unspecified atom stereocenters. The van der Waals surface area contributed by atoms with Gasteiger partial charge in [0.15, 0.2) is 0 Å². The van der Waals surface area contributed by atoms with Gasteiger partial charge in [0.1, 0.15) is 5.41 Å². The van der Waals surface area contributed by atoms with Gasteiger partial charge in [-0.25, -0.2) is 0 Å². The van der Waals surface area contributed by atoms with E-state index in [1.807, 2.05) is 13.8 Å². The molecule has 5 heteroatoms. The third-order valence-corrected chi connectivity index (χ3v) is 4.02. The highest BCUT2D eigenvalue weighted by atomic mass is 16.2. The second-order valence-electron chi connectivity index (χ2n) is 6.47. The fraction of sp³-hybridized carbons (Fsp3) is 0.812. The quantitative estimate of drug-likeness (QED) is 0.789. The molecule has 0 aromatic rings. The highest BCUT2D eigenvalue weighted by molar-refractivity contribution is 5.89. The van der Waals surface area contributed by atoms with Gasteiger partial charge in [-0.2, -0.15) is 5.26 Å². The molecule has 0 spiro atoms. The Kier molecular flexibility index (Phi) is 6.67. The number of hydrogen-bond donors (Lipinski definition) is 1. The van der Waals surface area contributed by atoms with E-state index < -0.39 is 5.41 Å². The van der Waals surface area contributed by atoms with Crippen LogP contribution in [0, 0.1) is 22.7 Å². The third kappa shape index (κ3) is 5.04. The van der Waals surface area contributed by atoms with Crippen LogP contribution in [0.3, 0.4) is 0 Å². The lowest BCUT2D eigenvalue weighted by molar-refractivity contribution is -0.141. The largest absolute Gasteiger partial charge is 0.354 e. The number of carbonyl (C=O) groups excluding carboxylic acids is 2. The molecule has 2 amide bonds. The van der Waals surface area contributed by atoms with Gasteiger partial charge in [-0.3, -0.25) is 9.59 Å². The molecule has 0 heterocycles. The van der Waals surface area contributed by atoms with Crippen molar-refractivity contribution in [3.63, 3.8) is 0 Å². The average Bonchev–Trinajstić information content (AvgIpc) is 2.70. The fourth-order valence-electron chi connectivity index (χ4n) is 2.73. The van der Waals surface area contributed by atoms with E-state index in [9.17, 15) is 14.9 Å². The predicted octanol–water partition coefficient (Wildman–Crippen LogP) is 2.08. The highest BCUT2D eigenvalue weighted by Crippen LogP contribution is 2.35. The summed E-state index contributed by atoms with van der Waals surface area (Å²) in [5.41, 5.74) is -0.927. The molecule has 0 aromatic heterocycles. The number of amides is 2. The Morgan fingerprint density at radius 3 is 2.29 bits per heavy atom. The Labute approximate surface area is 127 Å². The molecular weight excluding hydrogens is 266 g/mol. The molecule has 1 rings (SSSR count). The van der Waals surface area contributed by atoms with E-state index in [4.69, 9.17) is 0 Å². The van der Waals surface area contributed by atoms with Crippen LogP contribution in [0.1, 0.15) is 52.4 Å². The molecule has 21 heavy (non-hydrogen) atoms. The van der Waals surface area contributed by atoms with Gasteiger partial charge < -0.3 is 10.2 Å². The molecule has 1 fully saturated rings. The van der Waals surface area contributed by atoms with E-state index in [1.54, 1.807) is 7.05 Å². The van der Waals surface area contributed by atoms with Crippen molar-refractivity contribution in [3.8, 4) is 6.07 Å². The van der Waals surface area contributed by atoms with Gasteiger partial charge in [0, 0.05) is 13.6 Å². The maximum Gasteiger partial charge on any atom is 0.243 e. The van der Waals surface area contributed by atoms with Crippen LogP contribution in [0.4, 0.5) is 0 Å². The summed E-state index contributed by atoms with van der Waals surface area (Å²) in [4.78, 5) is 25.8. The minimum Gasteiger partial charge on any atom is -0.354 e. The van der Waals surface area contributed by atoms with Crippen LogP contribution in [0.15, 0.2) is 0 Å². The van der Waals surface area contributed by atoms with Crippen molar-refractivity contribution in [2.45, 2.75) is 52.4 Å². The summed E-state index contributed by atoms with van der Waals surface area (Å²) in [6.45, 7) is 4.66. The molecule has 1 saturated carbocycles. The number of rotatable bonds is 5. The molecule has 0 atom stereocenters. The monoisotopic (exact) mass is 293 g/mol. The van der Waals surface area contributed by atoms with Crippen LogP contribution in [0.5, 0.6) is 0 Å². The zero-order valence-corrected chi connectivity index (χ0v) is 13.4. The standard InChI is InChI=1S/C16H27N3O2/c1-13(2)10-18-14(20)11-19(3)15(21)16(12-17)8-6-4-5-7-9-16/h13H,4-11H2,1-3H3,(H,18,20). The van der Waals surface area contributed by atoms with Crippen molar-refractivity contribution in [1.29, 1.82) is 5.26 Å². The second kappa shape index (κ2) is 8.02. The lowest BCUT2D eigenvalue weighted by Crippen LogP contribution is -2.46. The van der Waals surface area contributed by atoms with Gasteiger partial charge >= 0.3 is 0 Å². The van der Waals surface area contributed by atoms with Crippen LogP contribution in [0.25, 0.3) is 0 Å². The maximum atomic E-state index is 12.6.